The third kappa shape index (κ3) is 11.1. The van der Waals surface area contributed by atoms with E-state index >= 15 is 0 Å². The molecule has 0 aliphatic heterocycles. The third-order valence-corrected chi connectivity index (χ3v) is 1.99. The van der Waals surface area contributed by atoms with Crippen LogP contribution in [0.2, 0.25) is 0 Å². The van der Waals surface area contributed by atoms with Gasteiger partial charge in [0.15, 0.2) is 0 Å². The molecule has 0 aliphatic carbocycles. The highest BCUT2D eigenvalue weighted by molar-refractivity contribution is 5.91. The summed E-state index contributed by atoms with van der Waals surface area (Å²) in [6.45, 7) is 0.125. The Morgan fingerprint density at radius 2 is 1.33 bits per heavy atom. The Kier molecular flexibility index (Phi) is 11.1. The quantitative estimate of drug-likeness (QED) is 0.330. The minimum Gasteiger partial charge on any atom is -0.463 e. The second-order valence-corrected chi connectivity index (χ2v) is 3.53. The summed E-state index contributed by atoms with van der Waals surface area (Å²) >= 11 is 0. The van der Waals surface area contributed by atoms with E-state index in [9.17, 15) is 9.59 Å². The molecule has 0 bridgehead atoms. The lowest BCUT2D eigenvalue weighted by Crippen LogP contribution is -2.07. The molecular weight excluding hydrogens is 240 g/mol. The number of ether oxygens (including phenoxy) is 2. The molecular formula is C12H20O6. The molecule has 0 fully saturated rings. The van der Waals surface area contributed by atoms with Crippen LogP contribution in [0.15, 0.2) is 12.2 Å². The highest BCUT2D eigenvalue weighted by Crippen LogP contribution is 1.99. The molecule has 0 aliphatic rings. The minimum atomic E-state index is -0.691. The number of hydrogen-bond acceptors (Lipinski definition) is 6. The summed E-state index contributed by atoms with van der Waals surface area (Å²) < 4.78 is 9.34. The zero-order chi connectivity index (χ0) is 13.6. The van der Waals surface area contributed by atoms with Crippen LogP contribution < -0.4 is 0 Å². The van der Waals surface area contributed by atoms with Crippen molar-refractivity contribution in [2.45, 2.75) is 25.7 Å². The molecule has 2 N–H and O–H groups in total. The smallest absolute Gasteiger partial charge is 0.331 e. The lowest BCUT2D eigenvalue weighted by molar-refractivity contribution is -0.141. The summed E-state index contributed by atoms with van der Waals surface area (Å²) in [4.78, 5) is 22.0. The normalized spacial score (nSPS) is 10.6. The molecule has 6 heteroatoms. The van der Waals surface area contributed by atoms with E-state index in [-0.39, 0.29) is 19.8 Å². The molecule has 18 heavy (non-hydrogen) atoms. The fourth-order valence-electron chi connectivity index (χ4n) is 1.12. The first-order chi connectivity index (χ1) is 8.70. The number of carbonyl (C=O) groups excluding carboxylic acids is 2. The van der Waals surface area contributed by atoms with Crippen molar-refractivity contribution in [3.05, 3.63) is 12.2 Å². The summed E-state index contributed by atoms with van der Waals surface area (Å²) in [6.07, 6.45) is 5.23. The summed E-state index contributed by atoms with van der Waals surface area (Å²) in [6, 6.07) is 0. The van der Waals surface area contributed by atoms with E-state index in [4.69, 9.17) is 14.9 Å². The van der Waals surface area contributed by atoms with Crippen LogP contribution in [0, 0.1) is 0 Å². The number of unbranched alkanes of at least 4 members (excludes halogenated alkanes) is 3. The Labute approximate surface area is 106 Å². The number of hydrogen-bond donors (Lipinski definition) is 2. The van der Waals surface area contributed by atoms with Crippen LogP contribution in [0.1, 0.15) is 25.7 Å². The molecule has 104 valence electrons. The van der Waals surface area contributed by atoms with Gasteiger partial charge in [-0.05, 0) is 19.3 Å². The van der Waals surface area contributed by atoms with E-state index in [1.807, 2.05) is 0 Å². The second-order valence-electron chi connectivity index (χ2n) is 3.53. The first-order valence-electron chi connectivity index (χ1n) is 5.94. The maximum absolute atomic E-state index is 11.1. The van der Waals surface area contributed by atoms with E-state index in [0.29, 0.717) is 6.61 Å². The number of aliphatic hydroxyl groups excluding tert-OH is 2. The van der Waals surface area contributed by atoms with Crippen LogP contribution >= 0.6 is 0 Å². The van der Waals surface area contributed by atoms with Crippen molar-refractivity contribution in [2.24, 2.45) is 0 Å². The van der Waals surface area contributed by atoms with E-state index in [1.165, 1.54) is 0 Å². The summed E-state index contributed by atoms with van der Waals surface area (Å²) in [5.74, 6) is -1.29. The van der Waals surface area contributed by atoms with Gasteiger partial charge in [-0.3, -0.25) is 0 Å². The summed E-state index contributed by atoms with van der Waals surface area (Å²) in [5, 5.41) is 16.9. The van der Waals surface area contributed by atoms with Crippen LogP contribution in [0.5, 0.6) is 0 Å². The summed E-state index contributed by atoms with van der Waals surface area (Å²) in [5.41, 5.74) is 0. The van der Waals surface area contributed by atoms with E-state index in [2.05, 4.69) is 4.74 Å². The Balaban J connectivity index is 3.52. The third-order valence-electron chi connectivity index (χ3n) is 1.99. The molecule has 0 radical (unpaired) electrons. The Hall–Kier alpha value is -1.40. The van der Waals surface area contributed by atoms with Crippen LogP contribution in [-0.2, 0) is 19.1 Å². The largest absolute Gasteiger partial charge is 0.463 e. The van der Waals surface area contributed by atoms with Gasteiger partial charge in [-0.1, -0.05) is 6.42 Å². The first kappa shape index (κ1) is 16.6. The van der Waals surface area contributed by atoms with Crippen molar-refractivity contribution in [1.29, 1.82) is 0 Å². The predicted octanol–water partition coefficient (Wildman–Crippen LogP) is 0.174. The van der Waals surface area contributed by atoms with Crippen LogP contribution in [-0.4, -0.2) is 48.6 Å². The molecule has 0 rings (SSSR count). The van der Waals surface area contributed by atoms with Crippen molar-refractivity contribution in [3.8, 4) is 0 Å². The minimum absolute atomic E-state index is 0.0942. The highest BCUT2D eigenvalue weighted by Gasteiger charge is 2.00. The Morgan fingerprint density at radius 1 is 0.778 bits per heavy atom. The molecule has 0 heterocycles. The van der Waals surface area contributed by atoms with Gasteiger partial charge in [0.05, 0.1) is 13.2 Å². The van der Waals surface area contributed by atoms with E-state index in [1.54, 1.807) is 0 Å². The monoisotopic (exact) mass is 260 g/mol. The van der Waals surface area contributed by atoms with Gasteiger partial charge in [0.1, 0.15) is 6.61 Å². The van der Waals surface area contributed by atoms with Gasteiger partial charge < -0.3 is 19.7 Å². The fourth-order valence-corrected chi connectivity index (χ4v) is 1.12. The molecule has 0 aromatic carbocycles. The van der Waals surface area contributed by atoms with Crippen molar-refractivity contribution < 1.29 is 29.3 Å². The standard InChI is InChI=1S/C12H20O6/c13-7-3-1-2-4-9-17-11(15)5-6-12(16)18-10-8-14/h5-6,13-14H,1-4,7-10H2/b6-5-. The van der Waals surface area contributed by atoms with Gasteiger partial charge in [0.2, 0.25) is 0 Å². The molecule has 6 nitrogen and oxygen atoms in total. The molecule has 0 amide bonds. The van der Waals surface area contributed by atoms with Gasteiger partial charge in [0, 0.05) is 18.8 Å². The molecule has 0 atom stereocenters. The maximum atomic E-state index is 11.1. The predicted molar refractivity (Wildman–Crippen MR) is 63.7 cm³/mol. The zero-order valence-electron chi connectivity index (χ0n) is 10.3. The number of aliphatic hydroxyl groups is 2. The molecule has 0 aromatic rings. The van der Waals surface area contributed by atoms with Crippen LogP contribution in [0.4, 0.5) is 0 Å². The topological polar surface area (TPSA) is 93.1 Å². The lowest BCUT2D eigenvalue weighted by Gasteiger charge is -2.01. The average molecular weight is 260 g/mol. The van der Waals surface area contributed by atoms with Gasteiger partial charge >= 0.3 is 11.9 Å². The van der Waals surface area contributed by atoms with E-state index in [0.717, 1.165) is 37.8 Å². The number of carbonyl (C=O) groups is 2. The van der Waals surface area contributed by atoms with Crippen molar-refractivity contribution in [2.75, 3.05) is 26.4 Å². The second kappa shape index (κ2) is 12.1. The first-order valence-corrected chi connectivity index (χ1v) is 5.94. The fraction of sp³-hybridized carbons (Fsp3) is 0.667. The Morgan fingerprint density at radius 3 is 1.89 bits per heavy atom. The van der Waals surface area contributed by atoms with Gasteiger partial charge in [-0.2, -0.15) is 0 Å². The van der Waals surface area contributed by atoms with Crippen molar-refractivity contribution >= 4 is 11.9 Å². The van der Waals surface area contributed by atoms with Gasteiger partial charge in [-0.15, -0.1) is 0 Å². The lowest BCUT2D eigenvalue weighted by atomic mass is 10.2. The number of esters is 2. The molecule has 0 saturated heterocycles. The molecule has 0 saturated carbocycles. The SMILES string of the molecule is O=C(/C=C\C(=O)OCCCCCCO)OCCO. The Bertz CT molecular complexity index is 261. The highest BCUT2D eigenvalue weighted by atomic mass is 16.5. The average Bonchev–Trinajstić information content (AvgIpc) is 2.38. The zero-order valence-corrected chi connectivity index (χ0v) is 10.3. The van der Waals surface area contributed by atoms with Crippen molar-refractivity contribution in [1.82, 2.24) is 0 Å². The van der Waals surface area contributed by atoms with Crippen molar-refractivity contribution in [3.63, 3.8) is 0 Å². The van der Waals surface area contributed by atoms with Crippen LogP contribution in [0.25, 0.3) is 0 Å². The van der Waals surface area contributed by atoms with E-state index < -0.39 is 11.9 Å². The van der Waals surface area contributed by atoms with Crippen LogP contribution in [0.3, 0.4) is 0 Å². The number of rotatable bonds is 10. The molecule has 0 spiro atoms. The molecule has 0 unspecified atom stereocenters. The molecule has 0 aromatic heterocycles. The van der Waals surface area contributed by atoms with Gasteiger partial charge in [-0.25, -0.2) is 9.59 Å². The maximum Gasteiger partial charge on any atom is 0.331 e. The van der Waals surface area contributed by atoms with Gasteiger partial charge in [0.25, 0.3) is 0 Å². The summed E-state index contributed by atoms with van der Waals surface area (Å²) in [7, 11) is 0.